The SMILES string of the molecule is CCCCCC(C(=O)O)C1O[C@H](CO)[C@@H](O)[C@H](O)[C@H]1O. The Balaban J connectivity index is 2.79. The molecule has 118 valence electrons. The third kappa shape index (κ3) is 3.89. The summed E-state index contributed by atoms with van der Waals surface area (Å²) in [6.45, 7) is 1.44. The number of carboxylic acids is 1. The third-order valence-electron chi connectivity index (χ3n) is 3.76. The van der Waals surface area contributed by atoms with E-state index in [1.807, 2.05) is 6.92 Å². The first-order valence-corrected chi connectivity index (χ1v) is 6.97. The Hall–Kier alpha value is -0.730. The molecule has 7 heteroatoms. The maximum absolute atomic E-state index is 11.3. The summed E-state index contributed by atoms with van der Waals surface area (Å²) in [7, 11) is 0. The van der Waals surface area contributed by atoms with Crippen LogP contribution in [0.1, 0.15) is 32.6 Å². The van der Waals surface area contributed by atoms with Crippen LogP contribution in [-0.4, -0.2) is 68.6 Å². The Morgan fingerprint density at radius 1 is 1.15 bits per heavy atom. The van der Waals surface area contributed by atoms with Crippen molar-refractivity contribution in [2.24, 2.45) is 5.92 Å². The lowest BCUT2D eigenvalue weighted by molar-refractivity contribution is -0.242. The number of carbonyl (C=O) groups is 1. The Kier molecular flexibility index (Phi) is 6.84. The predicted octanol–water partition coefficient (Wildman–Crippen LogP) is -0.890. The highest BCUT2D eigenvalue weighted by Crippen LogP contribution is 2.29. The molecule has 1 aliphatic heterocycles. The summed E-state index contributed by atoms with van der Waals surface area (Å²) in [5, 5.41) is 47.6. The summed E-state index contributed by atoms with van der Waals surface area (Å²) in [6, 6.07) is 0. The Labute approximate surface area is 117 Å². The van der Waals surface area contributed by atoms with E-state index < -0.39 is 49.0 Å². The van der Waals surface area contributed by atoms with Crippen molar-refractivity contribution >= 4 is 5.97 Å². The quantitative estimate of drug-likeness (QED) is 0.385. The third-order valence-corrected chi connectivity index (χ3v) is 3.76. The van der Waals surface area contributed by atoms with Crippen LogP contribution in [-0.2, 0) is 9.53 Å². The van der Waals surface area contributed by atoms with Gasteiger partial charge in [-0.05, 0) is 6.42 Å². The molecule has 1 rings (SSSR count). The van der Waals surface area contributed by atoms with Crippen molar-refractivity contribution in [3.8, 4) is 0 Å². The number of carboxylic acid groups (broad SMARTS) is 1. The molecular formula is C13H24O7. The fourth-order valence-electron chi connectivity index (χ4n) is 2.51. The van der Waals surface area contributed by atoms with E-state index in [4.69, 9.17) is 9.84 Å². The molecule has 5 N–H and O–H groups in total. The van der Waals surface area contributed by atoms with Gasteiger partial charge in [0.25, 0.3) is 0 Å². The summed E-state index contributed by atoms with van der Waals surface area (Å²) in [5.41, 5.74) is 0. The molecule has 0 aliphatic carbocycles. The van der Waals surface area contributed by atoms with Crippen molar-refractivity contribution in [2.75, 3.05) is 6.61 Å². The van der Waals surface area contributed by atoms with E-state index in [9.17, 15) is 25.2 Å². The minimum absolute atomic E-state index is 0.311. The number of aliphatic hydroxyl groups excluding tert-OH is 4. The van der Waals surface area contributed by atoms with E-state index >= 15 is 0 Å². The average Bonchev–Trinajstić information content (AvgIpc) is 2.42. The Morgan fingerprint density at radius 3 is 2.30 bits per heavy atom. The van der Waals surface area contributed by atoms with Gasteiger partial charge in [-0.3, -0.25) is 4.79 Å². The maximum atomic E-state index is 11.3. The minimum atomic E-state index is -1.53. The maximum Gasteiger partial charge on any atom is 0.309 e. The molecule has 7 nitrogen and oxygen atoms in total. The van der Waals surface area contributed by atoms with Crippen molar-refractivity contribution in [1.29, 1.82) is 0 Å². The van der Waals surface area contributed by atoms with E-state index in [-0.39, 0.29) is 0 Å². The molecule has 0 amide bonds. The normalized spacial score (nSPS) is 35.8. The highest BCUT2D eigenvalue weighted by atomic mass is 16.5. The van der Waals surface area contributed by atoms with E-state index in [2.05, 4.69) is 0 Å². The first-order chi connectivity index (χ1) is 9.43. The van der Waals surface area contributed by atoms with Crippen molar-refractivity contribution < 1.29 is 35.1 Å². The van der Waals surface area contributed by atoms with Crippen LogP contribution in [0.4, 0.5) is 0 Å². The zero-order chi connectivity index (χ0) is 15.3. The van der Waals surface area contributed by atoms with Crippen LogP contribution in [0.2, 0.25) is 0 Å². The van der Waals surface area contributed by atoms with Gasteiger partial charge in [-0.25, -0.2) is 0 Å². The van der Waals surface area contributed by atoms with Gasteiger partial charge >= 0.3 is 5.97 Å². The summed E-state index contributed by atoms with van der Waals surface area (Å²) < 4.78 is 5.29. The number of hydrogen-bond donors (Lipinski definition) is 5. The number of aliphatic carboxylic acids is 1. The number of rotatable bonds is 7. The first-order valence-electron chi connectivity index (χ1n) is 6.97. The highest BCUT2D eigenvalue weighted by Gasteiger charge is 2.47. The zero-order valence-electron chi connectivity index (χ0n) is 11.6. The summed E-state index contributed by atoms with van der Waals surface area (Å²) >= 11 is 0. The van der Waals surface area contributed by atoms with Gasteiger partial charge in [0.05, 0.1) is 18.6 Å². The highest BCUT2D eigenvalue weighted by molar-refractivity contribution is 5.70. The summed E-state index contributed by atoms with van der Waals surface area (Å²) in [6.07, 6.45) is -3.91. The number of unbranched alkanes of at least 4 members (excludes halogenated alkanes) is 2. The molecule has 0 radical (unpaired) electrons. The van der Waals surface area contributed by atoms with Gasteiger partial charge in [-0.1, -0.05) is 26.2 Å². The molecule has 0 aromatic carbocycles. The summed E-state index contributed by atoms with van der Waals surface area (Å²) in [4.78, 5) is 11.3. The van der Waals surface area contributed by atoms with Gasteiger partial charge in [0.2, 0.25) is 0 Å². The molecule has 0 bridgehead atoms. The molecule has 1 saturated heterocycles. The molecule has 1 aliphatic rings. The molecule has 1 fully saturated rings. The lowest BCUT2D eigenvalue weighted by atomic mass is 9.85. The van der Waals surface area contributed by atoms with Gasteiger partial charge in [0.15, 0.2) is 0 Å². The molecule has 20 heavy (non-hydrogen) atoms. The Morgan fingerprint density at radius 2 is 1.80 bits per heavy atom. The minimum Gasteiger partial charge on any atom is -0.481 e. The molecular weight excluding hydrogens is 268 g/mol. The first kappa shape index (κ1) is 17.3. The van der Waals surface area contributed by atoms with Crippen molar-refractivity contribution in [1.82, 2.24) is 0 Å². The predicted molar refractivity (Wildman–Crippen MR) is 69.0 cm³/mol. The molecule has 0 spiro atoms. The molecule has 2 unspecified atom stereocenters. The van der Waals surface area contributed by atoms with E-state index in [1.54, 1.807) is 0 Å². The average molecular weight is 292 g/mol. The number of aliphatic hydroxyl groups is 4. The molecule has 6 atom stereocenters. The number of hydrogen-bond acceptors (Lipinski definition) is 6. The van der Waals surface area contributed by atoms with Gasteiger partial charge in [0.1, 0.15) is 24.4 Å². The van der Waals surface area contributed by atoms with Crippen molar-refractivity contribution in [3.05, 3.63) is 0 Å². The van der Waals surface area contributed by atoms with Crippen LogP contribution in [0.3, 0.4) is 0 Å². The van der Waals surface area contributed by atoms with Crippen LogP contribution >= 0.6 is 0 Å². The van der Waals surface area contributed by atoms with Gasteiger partial charge in [-0.2, -0.15) is 0 Å². The van der Waals surface area contributed by atoms with Crippen molar-refractivity contribution in [3.63, 3.8) is 0 Å². The van der Waals surface area contributed by atoms with Crippen LogP contribution < -0.4 is 0 Å². The van der Waals surface area contributed by atoms with E-state index in [1.165, 1.54) is 0 Å². The van der Waals surface area contributed by atoms with Crippen LogP contribution in [0.15, 0.2) is 0 Å². The molecule has 0 aromatic rings. The Bertz CT molecular complexity index is 307. The van der Waals surface area contributed by atoms with Crippen LogP contribution in [0, 0.1) is 5.92 Å². The smallest absolute Gasteiger partial charge is 0.309 e. The second-order valence-corrected chi connectivity index (χ2v) is 5.23. The second-order valence-electron chi connectivity index (χ2n) is 5.23. The fourth-order valence-corrected chi connectivity index (χ4v) is 2.51. The molecule has 1 heterocycles. The zero-order valence-corrected chi connectivity index (χ0v) is 11.6. The van der Waals surface area contributed by atoms with Crippen LogP contribution in [0.5, 0.6) is 0 Å². The fraction of sp³-hybridized carbons (Fsp3) is 0.923. The van der Waals surface area contributed by atoms with Gasteiger partial charge in [-0.15, -0.1) is 0 Å². The monoisotopic (exact) mass is 292 g/mol. The lowest BCUT2D eigenvalue weighted by Gasteiger charge is -2.42. The molecule has 0 aromatic heterocycles. The topological polar surface area (TPSA) is 127 Å². The number of ether oxygens (including phenoxy) is 1. The summed E-state index contributed by atoms with van der Waals surface area (Å²) in [5.74, 6) is -2.10. The van der Waals surface area contributed by atoms with Gasteiger partial charge in [0, 0.05) is 0 Å². The molecule has 0 saturated carbocycles. The van der Waals surface area contributed by atoms with Crippen LogP contribution in [0.25, 0.3) is 0 Å². The van der Waals surface area contributed by atoms with E-state index in [0.29, 0.717) is 12.8 Å². The van der Waals surface area contributed by atoms with E-state index in [0.717, 1.165) is 12.8 Å². The lowest BCUT2D eigenvalue weighted by Crippen LogP contribution is -2.61. The standard InChI is InChI=1S/C13H24O7/c1-2-3-4-5-7(13(18)19)12-11(17)10(16)9(15)8(6-14)20-12/h7-12,14-17H,2-6H2,1H3,(H,18,19)/t7?,8-,9-,10+,11-,12?/m1/s1. The second kappa shape index (κ2) is 7.90. The van der Waals surface area contributed by atoms with Gasteiger partial charge < -0.3 is 30.3 Å². The largest absolute Gasteiger partial charge is 0.481 e. The van der Waals surface area contributed by atoms with Crippen molar-refractivity contribution in [2.45, 2.75) is 63.1 Å².